The van der Waals surface area contributed by atoms with Crippen molar-refractivity contribution in [3.8, 4) is 6.07 Å². The van der Waals surface area contributed by atoms with Gasteiger partial charge in [-0.05, 0) is 23.8 Å². The lowest BCUT2D eigenvalue weighted by molar-refractivity contribution is 0.0702. The van der Waals surface area contributed by atoms with E-state index >= 15 is 0 Å². The summed E-state index contributed by atoms with van der Waals surface area (Å²) in [7, 11) is 0. The van der Waals surface area contributed by atoms with Crippen LogP contribution in [0.2, 0.25) is 0 Å². The molecule has 0 aliphatic carbocycles. The van der Waals surface area contributed by atoms with Gasteiger partial charge in [0.05, 0.1) is 11.3 Å². The Morgan fingerprint density at radius 3 is 2.64 bits per heavy atom. The molecule has 25 heavy (non-hydrogen) atoms. The molecule has 5 heteroatoms. The van der Waals surface area contributed by atoms with Crippen LogP contribution in [0.5, 0.6) is 0 Å². The summed E-state index contributed by atoms with van der Waals surface area (Å²) in [5.41, 5.74) is 3.33. The molecule has 0 fully saturated rings. The molecule has 0 saturated heterocycles. The first-order chi connectivity index (χ1) is 12.2. The number of benzene rings is 2. The van der Waals surface area contributed by atoms with Crippen LogP contribution in [0.4, 0.5) is 5.69 Å². The number of anilines is 1. The van der Waals surface area contributed by atoms with Gasteiger partial charge in [0.15, 0.2) is 0 Å². The number of nitrogens with zero attached hydrogens (tertiary/aromatic N) is 1. The van der Waals surface area contributed by atoms with E-state index in [9.17, 15) is 15.2 Å². The van der Waals surface area contributed by atoms with Gasteiger partial charge in [-0.2, -0.15) is 5.26 Å². The second-order valence-corrected chi connectivity index (χ2v) is 6.61. The molecule has 4 nitrogen and oxygen atoms in total. The highest BCUT2D eigenvalue weighted by Crippen LogP contribution is 2.38. The fraction of sp³-hybridized carbons (Fsp3) is 0. The highest BCUT2D eigenvalue weighted by molar-refractivity contribution is 7.21. The Morgan fingerprint density at radius 2 is 1.84 bits per heavy atom. The third-order valence-corrected chi connectivity index (χ3v) is 5.24. The van der Waals surface area contributed by atoms with Crippen molar-refractivity contribution in [1.82, 2.24) is 0 Å². The lowest BCUT2D eigenvalue weighted by Crippen LogP contribution is -2.07. The number of carboxylic acids is 1. The number of thiophene rings is 1. The third kappa shape index (κ3) is 2.49. The molecule has 2 heterocycles. The average Bonchev–Trinajstić information content (AvgIpc) is 3.02. The largest absolute Gasteiger partial charge is 0.477 e. The highest BCUT2D eigenvalue weighted by Gasteiger charge is 2.23. The molecule has 2 N–H and O–H groups in total. The van der Waals surface area contributed by atoms with E-state index in [1.165, 1.54) is 11.3 Å². The van der Waals surface area contributed by atoms with Crippen LogP contribution in [0.1, 0.15) is 20.8 Å². The van der Waals surface area contributed by atoms with Crippen molar-refractivity contribution in [3.63, 3.8) is 0 Å². The van der Waals surface area contributed by atoms with E-state index in [1.807, 2.05) is 60.7 Å². The summed E-state index contributed by atoms with van der Waals surface area (Å²) < 4.78 is 0.850. The van der Waals surface area contributed by atoms with Gasteiger partial charge in [-0.1, -0.05) is 42.5 Å². The Hall–Kier alpha value is -3.36. The van der Waals surface area contributed by atoms with Crippen molar-refractivity contribution < 1.29 is 9.90 Å². The molecular formula is C20H12N2O2S. The van der Waals surface area contributed by atoms with Crippen LogP contribution in [0, 0.1) is 11.3 Å². The molecule has 3 aromatic rings. The molecule has 0 atom stereocenters. The number of allylic oxidation sites excluding steroid dienone is 2. The van der Waals surface area contributed by atoms with E-state index in [4.69, 9.17) is 0 Å². The van der Waals surface area contributed by atoms with Crippen molar-refractivity contribution in [2.75, 3.05) is 5.32 Å². The normalized spacial score (nSPS) is 14.5. The fourth-order valence-electron chi connectivity index (χ4n) is 2.96. The Kier molecular flexibility index (Phi) is 3.60. The van der Waals surface area contributed by atoms with E-state index in [2.05, 4.69) is 11.4 Å². The van der Waals surface area contributed by atoms with Crippen molar-refractivity contribution in [2.24, 2.45) is 0 Å². The molecule has 0 saturated carbocycles. The minimum atomic E-state index is -1.02. The number of para-hydroxylation sites is 1. The van der Waals surface area contributed by atoms with E-state index in [-0.39, 0.29) is 4.88 Å². The second-order valence-electron chi connectivity index (χ2n) is 5.55. The number of hydrogen-bond acceptors (Lipinski definition) is 4. The Bertz CT molecular complexity index is 1120. The van der Waals surface area contributed by atoms with Gasteiger partial charge in [-0.3, -0.25) is 0 Å². The fourth-order valence-corrected chi connectivity index (χ4v) is 4.00. The van der Waals surface area contributed by atoms with Gasteiger partial charge in [0.1, 0.15) is 10.9 Å². The van der Waals surface area contributed by atoms with Crippen LogP contribution in [0.25, 0.3) is 21.7 Å². The van der Waals surface area contributed by atoms with E-state index in [0.717, 1.165) is 21.3 Å². The maximum absolute atomic E-state index is 11.7. The smallest absolute Gasteiger partial charge is 0.346 e. The van der Waals surface area contributed by atoms with Crippen molar-refractivity contribution in [3.05, 3.63) is 76.3 Å². The summed E-state index contributed by atoms with van der Waals surface area (Å²) >= 11 is 1.19. The molecule has 0 unspecified atom stereocenters. The summed E-state index contributed by atoms with van der Waals surface area (Å²) in [5, 5.41) is 23.4. The van der Waals surface area contributed by atoms with Gasteiger partial charge >= 0.3 is 5.97 Å². The number of fused-ring (bicyclic) bond motifs is 2. The molecule has 0 radical (unpaired) electrons. The quantitative estimate of drug-likeness (QED) is 0.644. The number of aromatic carboxylic acids is 1. The molecule has 0 spiro atoms. The van der Waals surface area contributed by atoms with Crippen molar-refractivity contribution >= 4 is 44.7 Å². The standard InChI is InChI=1S/C20H12N2O2S/c21-11-14(16-10-9-12-5-1-3-7-15(12)22-16)18-13-6-2-4-8-17(13)25-19(18)20(23)24/h1-10,22H,(H,23,24)/b16-14+. The Balaban J connectivity index is 1.98. The number of carbonyl (C=O) groups is 1. The highest BCUT2D eigenvalue weighted by atomic mass is 32.1. The number of hydrogen-bond donors (Lipinski definition) is 2. The minimum Gasteiger partial charge on any atom is -0.477 e. The first-order valence-corrected chi connectivity index (χ1v) is 8.44. The maximum Gasteiger partial charge on any atom is 0.346 e. The van der Waals surface area contributed by atoms with E-state index in [1.54, 1.807) is 0 Å². The predicted molar refractivity (Wildman–Crippen MR) is 100 cm³/mol. The number of nitrogens with one attached hydrogen (secondary N) is 1. The van der Waals surface area contributed by atoms with E-state index in [0.29, 0.717) is 16.8 Å². The molecule has 0 bridgehead atoms. The average molecular weight is 344 g/mol. The van der Waals surface area contributed by atoms with Crippen LogP contribution in [-0.2, 0) is 0 Å². The predicted octanol–water partition coefficient (Wildman–Crippen LogP) is 4.97. The summed E-state index contributed by atoms with van der Waals surface area (Å²) in [6, 6.07) is 17.4. The van der Waals surface area contributed by atoms with Crippen molar-refractivity contribution in [1.29, 1.82) is 5.26 Å². The summed E-state index contributed by atoms with van der Waals surface area (Å²) in [5.74, 6) is -1.02. The third-order valence-electron chi connectivity index (χ3n) is 4.08. The van der Waals surface area contributed by atoms with Crippen LogP contribution in [0.3, 0.4) is 0 Å². The van der Waals surface area contributed by atoms with Gasteiger partial charge in [0.2, 0.25) is 0 Å². The number of nitriles is 1. The molecule has 0 amide bonds. The molecule has 1 aromatic heterocycles. The van der Waals surface area contributed by atoms with Gasteiger partial charge in [0.25, 0.3) is 0 Å². The van der Waals surface area contributed by atoms with Crippen LogP contribution >= 0.6 is 11.3 Å². The molecular weight excluding hydrogens is 332 g/mol. The monoisotopic (exact) mass is 344 g/mol. The van der Waals surface area contributed by atoms with Crippen LogP contribution < -0.4 is 5.32 Å². The zero-order valence-electron chi connectivity index (χ0n) is 13.0. The molecule has 120 valence electrons. The molecule has 2 aromatic carbocycles. The lowest BCUT2D eigenvalue weighted by atomic mass is 9.98. The SMILES string of the molecule is N#C/C(=C1/C=Cc2ccccc2N1)c1c(C(=O)O)sc2ccccc12. The molecule has 4 rings (SSSR count). The maximum atomic E-state index is 11.7. The first-order valence-electron chi connectivity index (χ1n) is 7.62. The topological polar surface area (TPSA) is 73.1 Å². The molecule has 1 aliphatic heterocycles. The number of rotatable bonds is 2. The van der Waals surface area contributed by atoms with E-state index < -0.39 is 5.97 Å². The van der Waals surface area contributed by atoms with Gasteiger partial charge in [0, 0.05) is 21.3 Å². The second kappa shape index (κ2) is 5.93. The Morgan fingerprint density at radius 1 is 1.08 bits per heavy atom. The first kappa shape index (κ1) is 15.2. The summed E-state index contributed by atoms with van der Waals surface area (Å²) in [4.78, 5) is 11.9. The minimum absolute atomic E-state index is 0.180. The van der Waals surface area contributed by atoms with Gasteiger partial charge in [-0.15, -0.1) is 11.3 Å². The van der Waals surface area contributed by atoms with Gasteiger partial charge in [-0.25, -0.2) is 4.79 Å². The zero-order valence-corrected chi connectivity index (χ0v) is 13.8. The lowest BCUT2D eigenvalue weighted by Gasteiger charge is -2.17. The summed E-state index contributed by atoms with van der Waals surface area (Å²) in [6.07, 6.45) is 3.74. The van der Waals surface area contributed by atoms with Crippen LogP contribution in [-0.4, -0.2) is 11.1 Å². The summed E-state index contributed by atoms with van der Waals surface area (Å²) in [6.45, 7) is 0. The zero-order chi connectivity index (χ0) is 17.4. The Labute approximate surface area is 148 Å². The molecule has 1 aliphatic rings. The van der Waals surface area contributed by atoms with Crippen molar-refractivity contribution in [2.45, 2.75) is 0 Å². The number of carboxylic acid groups (broad SMARTS) is 1. The van der Waals surface area contributed by atoms with Crippen LogP contribution in [0.15, 0.2) is 60.3 Å². The van der Waals surface area contributed by atoms with Gasteiger partial charge < -0.3 is 10.4 Å².